The summed E-state index contributed by atoms with van der Waals surface area (Å²) in [7, 11) is -1.03. The molecule has 1 aromatic carbocycles. The quantitative estimate of drug-likeness (QED) is 0.823. The Hall–Kier alpha value is -1.68. The van der Waals surface area contributed by atoms with Crippen LogP contribution in [0.3, 0.4) is 0 Å². The molecule has 1 heterocycles. The third kappa shape index (κ3) is 2.67. The molecule has 3 nitrogen and oxygen atoms in total. The number of nitrogens with zero attached hydrogens (tertiary/aromatic N) is 1. The second-order valence-electron chi connectivity index (χ2n) is 3.41. The zero-order valence-electron chi connectivity index (χ0n) is 8.67. The molecule has 4 heteroatoms. The molecule has 0 fully saturated rings. The van der Waals surface area contributed by atoms with E-state index < -0.39 is 10.8 Å². The molecule has 2 N–H and O–H groups in total. The van der Waals surface area contributed by atoms with Crippen molar-refractivity contribution in [1.82, 2.24) is 4.98 Å². The van der Waals surface area contributed by atoms with Gasteiger partial charge in [0.15, 0.2) is 0 Å². The fraction of sp³-hybridized carbons (Fsp3) is 0.0833. The summed E-state index contributed by atoms with van der Waals surface area (Å²) in [6.45, 7) is 0. The van der Waals surface area contributed by atoms with Gasteiger partial charge in [-0.15, -0.1) is 0 Å². The summed E-state index contributed by atoms with van der Waals surface area (Å²) in [6, 6.07) is 10.9. The van der Waals surface area contributed by atoms with Gasteiger partial charge in [-0.2, -0.15) is 0 Å². The van der Waals surface area contributed by atoms with Gasteiger partial charge >= 0.3 is 0 Å². The number of benzene rings is 1. The van der Waals surface area contributed by atoms with Crippen LogP contribution in [0, 0.1) is 0 Å². The summed E-state index contributed by atoms with van der Waals surface area (Å²) in [5.74, 6) is 0.506. The van der Waals surface area contributed by atoms with Gasteiger partial charge in [-0.25, -0.2) is 0 Å². The number of pyridine rings is 1. The average molecular weight is 232 g/mol. The molecule has 0 spiro atoms. The predicted molar refractivity (Wildman–Crippen MR) is 65.2 cm³/mol. The zero-order chi connectivity index (χ0) is 11.4. The molecule has 1 atom stereocenters. The summed E-state index contributed by atoms with van der Waals surface area (Å²) < 4.78 is 12.0. The highest BCUT2D eigenvalue weighted by Gasteiger charge is 2.04. The Morgan fingerprint density at radius 1 is 1.06 bits per heavy atom. The van der Waals surface area contributed by atoms with E-state index in [1.54, 1.807) is 36.7 Å². The Kier molecular flexibility index (Phi) is 3.31. The highest BCUT2D eigenvalue weighted by Crippen LogP contribution is 2.13. The Morgan fingerprint density at radius 2 is 1.69 bits per heavy atom. The lowest BCUT2D eigenvalue weighted by molar-refractivity contribution is 0.682. The van der Waals surface area contributed by atoms with E-state index in [2.05, 4.69) is 4.98 Å². The third-order valence-electron chi connectivity index (χ3n) is 2.19. The van der Waals surface area contributed by atoms with Crippen LogP contribution in [-0.2, 0) is 16.6 Å². The minimum absolute atomic E-state index is 0.506. The largest absolute Gasteiger partial charge is 0.399 e. The molecule has 82 valence electrons. The maximum absolute atomic E-state index is 12.0. The Labute approximate surface area is 96.8 Å². The monoisotopic (exact) mass is 232 g/mol. The first-order valence-electron chi connectivity index (χ1n) is 4.88. The number of rotatable bonds is 3. The number of nitrogen functional groups attached to an aromatic ring is 1. The smallest absolute Gasteiger partial charge is 0.0574 e. The van der Waals surface area contributed by atoms with E-state index in [1.807, 2.05) is 12.1 Å². The van der Waals surface area contributed by atoms with Gasteiger partial charge in [0.2, 0.25) is 0 Å². The second-order valence-corrected chi connectivity index (χ2v) is 4.87. The lowest BCUT2D eigenvalue weighted by Crippen LogP contribution is -1.97. The van der Waals surface area contributed by atoms with Crippen molar-refractivity contribution < 1.29 is 4.21 Å². The first-order chi connectivity index (χ1) is 7.75. The molecular weight excluding hydrogens is 220 g/mol. The summed E-state index contributed by atoms with van der Waals surface area (Å²) in [6.07, 6.45) is 3.41. The number of nitrogens with two attached hydrogens (primary N) is 1. The maximum atomic E-state index is 12.0. The number of anilines is 1. The molecule has 0 aliphatic carbocycles. The van der Waals surface area contributed by atoms with E-state index in [0.717, 1.165) is 10.5 Å². The Bertz CT molecular complexity index is 482. The standard InChI is InChI=1S/C12H12N2OS/c13-11-1-3-12(4-2-11)16(15)9-10-5-7-14-8-6-10/h1-8H,9,13H2. The van der Waals surface area contributed by atoms with Gasteiger partial charge in [-0.05, 0) is 42.0 Å². The van der Waals surface area contributed by atoms with Crippen LogP contribution in [0.4, 0.5) is 5.69 Å². The number of aromatic nitrogens is 1. The van der Waals surface area contributed by atoms with Gasteiger partial charge in [0, 0.05) is 23.0 Å². The molecule has 0 saturated heterocycles. The van der Waals surface area contributed by atoms with Crippen molar-refractivity contribution in [3.05, 3.63) is 54.4 Å². The summed E-state index contributed by atoms with van der Waals surface area (Å²) in [5.41, 5.74) is 7.28. The van der Waals surface area contributed by atoms with Crippen LogP contribution in [0.25, 0.3) is 0 Å². The van der Waals surface area contributed by atoms with E-state index in [1.165, 1.54) is 0 Å². The topological polar surface area (TPSA) is 56.0 Å². The van der Waals surface area contributed by atoms with Crippen molar-refractivity contribution in [3.63, 3.8) is 0 Å². The van der Waals surface area contributed by atoms with Crippen molar-refractivity contribution in [2.24, 2.45) is 0 Å². The maximum Gasteiger partial charge on any atom is 0.0574 e. The van der Waals surface area contributed by atoms with Crippen molar-refractivity contribution in [1.29, 1.82) is 0 Å². The molecular formula is C12H12N2OS. The van der Waals surface area contributed by atoms with Crippen LogP contribution in [-0.4, -0.2) is 9.19 Å². The molecule has 2 aromatic rings. The van der Waals surface area contributed by atoms with Crippen LogP contribution < -0.4 is 5.73 Å². The zero-order valence-corrected chi connectivity index (χ0v) is 9.48. The van der Waals surface area contributed by atoms with E-state index in [4.69, 9.17) is 5.73 Å². The van der Waals surface area contributed by atoms with Crippen molar-refractivity contribution in [2.75, 3.05) is 5.73 Å². The number of hydrogen-bond acceptors (Lipinski definition) is 3. The molecule has 0 aliphatic rings. The fourth-order valence-electron chi connectivity index (χ4n) is 1.33. The van der Waals surface area contributed by atoms with E-state index in [-0.39, 0.29) is 0 Å². The lowest BCUT2D eigenvalue weighted by atomic mass is 10.3. The summed E-state index contributed by atoms with van der Waals surface area (Å²) >= 11 is 0. The molecule has 1 unspecified atom stereocenters. The summed E-state index contributed by atoms with van der Waals surface area (Å²) in [4.78, 5) is 4.72. The van der Waals surface area contributed by atoms with E-state index >= 15 is 0 Å². The minimum atomic E-state index is -1.03. The molecule has 0 aliphatic heterocycles. The fourth-order valence-corrected chi connectivity index (χ4v) is 2.43. The van der Waals surface area contributed by atoms with E-state index in [0.29, 0.717) is 11.4 Å². The molecule has 0 saturated carbocycles. The average Bonchev–Trinajstić information content (AvgIpc) is 2.31. The van der Waals surface area contributed by atoms with Gasteiger partial charge in [0.25, 0.3) is 0 Å². The molecule has 0 amide bonds. The first-order valence-corrected chi connectivity index (χ1v) is 6.20. The van der Waals surface area contributed by atoms with Gasteiger partial charge in [-0.1, -0.05) is 0 Å². The SMILES string of the molecule is Nc1ccc(S(=O)Cc2ccncc2)cc1. The lowest BCUT2D eigenvalue weighted by Gasteiger charge is -2.02. The number of hydrogen-bond donors (Lipinski definition) is 1. The van der Waals surface area contributed by atoms with Crippen molar-refractivity contribution >= 4 is 16.5 Å². The third-order valence-corrected chi connectivity index (χ3v) is 3.58. The first kappa shape index (κ1) is 10.8. The predicted octanol–water partition coefficient (Wildman–Crippen LogP) is 1.97. The molecule has 1 aromatic heterocycles. The van der Waals surface area contributed by atoms with Crippen LogP contribution in [0.5, 0.6) is 0 Å². The molecule has 0 bridgehead atoms. The minimum Gasteiger partial charge on any atom is -0.399 e. The van der Waals surface area contributed by atoms with Gasteiger partial charge in [0.05, 0.1) is 16.6 Å². The van der Waals surface area contributed by atoms with Crippen molar-refractivity contribution in [2.45, 2.75) is 10.6 Å². The molecule has 16 heavy (non-hydrogen) atoms. The highest BCUT2D eigenvalue weighted by atomic mass is 32.2. The van der Waals surface area contributed by atoms with Crippen LogP contribution >= 0.6 is 0 Å². The van der Waals surface area contributed by atoms with Crippen molar-refractivity contribution in [3.8, 4) is 0 Å². The Morgan fingerprint density at radius 3 is 2.31 bits per heavy atom. The van der Waals surface area contributed by atoms with Crippen LogP contribution in [0.2, 0.25) is 0 Å². The normalized spacial score (nSPS) is 12.2. The van der Waals surface area contributed by atoms with Gasteiger partial charge in [0.1, 0.15) is 0 Å². The van der Waals surface area contributed by atoms with Crippen LogP contribution in [0.15, 0.2) is 53.7 Å². The second kappa shape index (κ2) is 4.90. The van der Waals surface area contributed by atoms with E-state index in [9.17, 15) is 4.21 Å². The van der Waals surface area contributed by atoms with Gasteiger partial charge in [-0.3, -0.25) is 9.19 Å². The van der Waals surface area contributed by atoms with Crippen LogP contribution in [0.1, 0.15) is 5.56 Å². The summed E-state index contributed by atoms with van der Waals surface area (Å²) in [5, 5.41) is 0. The Balaban J connectivity index is 2.12. The molecule has 0 radical (unpaired) electrons. The highest BCUT2D eigenvalue weighted by molar-refractivity contribution is 7.84. The van der Waals surface area contributed by atoms with Gasteiger partial charge < -0.3 is 5.73 Å². The molecule has 2 rings (SSSR count).